The molecule has 10 heteroatoms. The van der Waals surface area contributed by atoms with Crippen LogP contribution in [0.15, 0.2) is 6.20 Å². The van der Waals surface area contributed by atoms with E-state index in [0.29, 0.717) is 26.1 Å². The summed E-state index contributed by atoms with van der Waals surface area (Å²) < 4.78 is 42.6. The Morgan fingerprint density at radius 1 is 1.38 bits per heavy atom. The Balaban J connectivity index is 1.90. The first kappa shape index (κ1) is 15.4. The predicted octanol–water partition coefficient (Wildman–Crippen LogP) is 0.318. The van der Waals surface area contributed by atoms with Crippen molar-refractivity contribution in [1.29, 1.82) is 0 Å². The van der Waals surface area contributed by atoms with Gasteiger partial charge in [0, 0.05) is 19.3 Å². The number of carbonyl (C=O) groups is 2. The lowest BCUT2D eigenvalue weighted by atomic mass is 10.1. The number of carbonyl (C=O) groups excluding carboxylic acids is 2. The Kier molecular flexibility index (Phi) is 4.56. The predicted molar refractivity (Wildman–Crippen MR) is 62.4 cm³/mol. The van der Waals surface area contributed by atoms with E-state index in [1.54, 1.807) is 0 Å². The van der Waals surface area contributed by atoms with Crippen LogP contribution in [0.25, 0.3) is 0 Å². The summed E-state index contributed by atoms with van der Waals surface area (Å²) in [6, 6.07) is -0.0222. The molecule has 1 aromatic rings. The SMILES string of the molecule is O=C(Cn1cc(C(=O)C(F)(F)F)nn1)NC1CCOCC1. The molecule has 1 N–H and O–H groups in total. The quantitative estimate of drug-likeness (QED) is 0.810. The lowest BCUT2D eigenvalue weighted by Gasteiger charge is -2.22. The minimum absolute atomic E-state index is 0.0222. The molecule has 1 aromatic heterocycles. The Bertz CT molecular complexity index is 523. The molecule has 1 amide bonds. The Hall–Kier alpha value is -1.97. The van der Waals surface area contributed by atoms with Crippen LogP contribution in [0, 0.1) is 0 Å². The number of nitrogens with one attached hydrogen (secondary N) is 1. The van der Waals surface area contributed by atoms with Crippen LogP contribution in [0.3, 0.4) is 0 Å². The van der Waals surface area contributed by atoms with Crippen molar-refractivity contribution < 1.29 is 27.5 Å². The van der Waals surface area contributed by atoms with Gasteiger partial charge in [0.05, 0.1) is 6.20 Å². The number of rotatable bonds is 4. The first-order valence-corrected chi connectivity index (χ1v) is 6.25. The number of Topliss-reactive ketones (excluding diaryl/α,β-unsaturated/α-hetero) is 1. The second-order valence-electron chi connectivity index (χ2n) is 4.58. The number of amides is 1. The van der Waals surface area contributed by atoms with Crippen molar-refractivity contribution in [2.24, 2.45) is 0 Å². The fraction of sp³-hybridized carbons (Fsp3) is 0.636. The fourth-order valence-electron chi connectivity index (χ4n) is 1.89. The summed E-state index contributed by atoms with van der Waals surface area (Å²) in [5.74, 6) is -2.49. The Morgan fingerprint density at radius 3 is 2.67 bits per heavy atom. The van der Waals surface area contributed by atoms with Crippen LogP contribution in [-0.2, 0) is 16.1 Å². The number of alkyl halides is 3. The molecule has 1 fully saturated rings. The standard InChI is InChI=1S/C11H13F3N4O3/c12-11(13,14)10(20)8-5-18(17-16-8)6-9(19)15-7-1-3-21-4-2-7/h5,7H,1-4,6H2,(H,15,19). The van der Waals surface area contributed by atoms with Gasteiger partial charge in [-0.1, -0.05) is 5.21 Å². The second kappa shape index (κ2) is 6.20. The van der Waals surface area contributed by atoms with Crippen molar-refractivity contribution in [3.8, 4) is 0 Å². The van der Waals surface area contributed by atoms with Crippen LogP contribution in [-0.4, -0.2) is 52.1 Å². The van der Waals surface area contributed by atoms with Crippen LogP contribution in [0.5, 0.6) is 0 Å². The zero-order valence-corrected chi connectivity index (χ0v) is 10.9. The number of hydrogen-bond acceptors (Lipinski definition) is 5. The highest BCUT2D eigenvalue weighted by Crippen LogP contribution is 2.19. The molecule has 0 unspecified atom stereocenters. The monoisotopic (exact) mass is 306 g/mol. The topological polar surface area (TPSA) is 86.1 Å². The highest BCUT2D eigenvalue weighted by atomic mass is 19.4. The van der Waals surface area contributed by atoms with E-state index in [0.717, 1.165) is 10.9 Å². The van der Waals surface area contributed by atoms with Gasteiger partial charge in [0.15, 0.2) is 5.69 Å². The van der Waals surface area contributed by atoms with Crippen molar-refractivity contribution >= 4 is 11.7 Å². The van der Waals surface area contributed by atoms with Gasteiger partial charge in [-0.15, -0.1) is 5.10 Å². The van der Waals surface area contributed by atoms with Crippen LogP contribution in [0.2, 0.25) is 0 Å². The highest BCUT2D eigenvalue weighted by Gasteiger charge is 2.41. The molecule has 0 bridgehead atoms. The summed E-state index contributed by atoms with van der Waals surface area (Å²) >= 11 is 0. The van der Waals surface area contributed by atoms with Gasteiger partial charge >= 0.3 is 6.18 Å². The van der Waals surface area contributed by atoms with Gasteiger partial charge in [0.25, 0.3) is 5.78 Å². The third-order valence-electron chi connectivity index (χ3n) is 2.92. The van der Waals surface area contributed by atoms with E-state index in [4.69, 9.17) is 4.74 Å². The van der Waals surface area contributed by atoms with E-state index >= 15 is 0 Å². The number of nitrogens with zero attached hydrogens (tertiary/aromatic N) is 3. The van der Waals surface area contributed by atoms with Gasteiger partial charge in [-0.05, 0) is 12.8 Å². The molecule has 0 atom stereocenters. The van der Waals surface area contributed by atoms with Crippen LogP contribution in [0.4, 0.5) is 13.2 Å². The van der Waals surface area contributed by atoms with E-state index in [1.807, 2.05) is 0 Å². The maximum atomic E-state index is 12.2. The van der Waals surface area contributed by atoms with Gasteiger partial charge in [0.1, 0.15) is 6.54 Å². The summed E-state index contributed by atoms with van der Waals surface area (Å²) in [6.45, 7) is 0.812. The first-order valence-electron chi connectivity index (χ1n) is 6.25. The van der Waals surface area contributed by atoms with Crippen molar-refractivity contribution in [1.82, 2.24) is 20.3 Å². The third kappa shape index (κ3) is 4.25. The van der Waals surface area contributed by atoms with E-state index in [-0.39, 0.29) is 12.6 Å². The van der Waals surface area contributed by atoms with E-state index in [9.17, 15) is 22.8 Å². The summed E-state index contributed by atoms with van der Waals surface area (Å²) in [5, 5.41) is 9.19. The van der Waals surface area contributed by atoms with Crippen LogP contribution in [0.1, 0.15) is 23.3 Å². The second-order valence-corrected chi connectivity index (χ2v) is 4.58. The molecule has 1 aliphatic heterocycles. The number of halogens is 3. The van der Waals surface area contributed by atoms with Crippen molar-refractivity contribution in [3.05, 3.63) is 11.9 Å². The molecule has 2 rings (SSSR count). The Labute approximate surface area is 117 Å². The molecule has 2 heterocycles. The van der Waals surface area contributed by atoms with Crippen molar-refractivity contribution in [3.63, 3.8) is 0 Å². The van der Waals surface area contributed by atoms with Gasteiger partial charge in [-0.25, -0.2) is 4.68 Å². The Morgan fingerprint density at radius 2 is 2.05 bits per heavy atom. The van der Waals surface area contributed by atoms with Gasteiger partial charge < -0.3 is 10.1 Å². The molecule has 0 aromatic carbocycles. The van der Waals surface area contributed by atoms with Crippen molar-refractivity contribution in [2.75, 3.05) is 13.2 Å². The molecule has 1 saturated heterocycles. The normalized spacial score (nSPS) is 16.7. The number of ketones is 1. The lowest BCUT2D eigenvalue weighted by Crippen LogP contribution is -2.40. The molecule has 0 aliphatic carbocycles. The molecule has 0 saturated carbocycles. The summed E-state index contributed by atoms with van der Waals surface area (Å²) in [5.41, 5.74) is -0.832. The number of ether oxygens (including phenoxy) is 1. The van der Waals surface area contributed by atoms with Crippen molar-refractivity contribution in [2.45, 2.75) is 31.6 Å². The maximum Gasteiger partial charge on any atom is 0.456 e. The zero-order valence-electron chi connectivity index (χ0n) is 10.9. The van der Waals surface area contributed by atoms with E-state index < -0.39 is 23.6 Å². The van der Waals surface area contributed by atoms with E-state index in [1.165, 1.54) is 0 Å². The number of hydrogen-bond donors (Lipinski definition) is 1. The summed E-state index contributed by atoms with van der Waals surface area (Å²) in [7, 11) is 0. The fourth-order valence-corrected chi connectivity index (χ4v) is 1.89. The molecule has 0 spiro atoms. The minimum atomic E-state index is -5.01. The molecule has 0 radical (unpaired) electrons. The molecule has 116 valence electrons. The average molecular weight is 306 g/mol. The first-order chi connectivity index (χ1) is 9.86. The molecular weight excluding hydrogens is 293 g/mol. The van der Waals surface area contributed by atoms with Gasteiger partial charge in [-0.2, -0.15) is 13.2 Å². The smallest absolute Gasteiger partial charge is 0.381 e. The third-order valence-corrected chi connectivity index (χ3v) is 2.92. The molecule has 1 aliphatic rings. The van der Waals surface area contributed by atoms with Crippen LogP contribution < -0.4 is 5.32 Å². The highest BCUT2D eigenvalue weighted by molar-refractivity contribution is 5.98. The molecule has 21 heavy (non-hydrogen) atoms. The molecular formula is C11H13F3N4O3. The lowest BCUT2D eigenvalue weighted by molar-refractivity contribution is -0.123. The number of aromatic nitrogens is 3. The van der Waals surface area contributed by atoms with Gasteiger partial charge in [0.2, 0.25) is 5.91 Å². The minimum Gasteiger partial charge on any atom is -0.381 e. The largest absolute Gasteiger partial charge is 0.456 e. The maximum absolute atomic E-state index is 12.2. The van der Waals surface area contributed by atoms with Gasteiger partial charge in [-0.3, -0.25) is 9.59 Å². The molecule has 7 nitrogen and oxygen atoms in total. The average Bonchev–Trinajstić information content (AvgIpc) is 2.86. The summed E-state index contributed by atoms with van der Waals surface area (Å²) in [6.07, 6.45) is -2.84. The zero-order chi connectivity index (χ0) is 15.5. The van der Waals surface area contributed by atoms with E-state index in [2.05, 4.69) is 15.6 Å². The summed E-state index contributed by atoms with van der Waals surface area (Å²) in [4.78, 5) is 22.6. The van der Waals surface area contributed by atoms with Crippen LogP contribution >= 0.6 is 0 Å².